The molecule has 0 radical (unpaired) electrons. The molecule has 0 spiro atoms. The molecule has 0 aromatic carbocycles. The molecule has 0 aliphatic carbocycles. The van der Waals surface area contributed by atoms with Gasteiger partial charge in [0.1, 0.15) is 10.7 Å². The maximum atomic E-state index is 4.50. The van der Waals surface area contributed by atoms with Gasteiger partial charge in [0.25, 0.3) is 0 Å². The standard InChI is InChI=1S/C11H11N5S/c1-7-13-4-5-16(7)9-8-3-6-17-10(8)15-11(12-2)14-9/h3-6H,1-2H3,(H,12,14,15). The average Bonchev–Trinajstić information content (AvgIpc) is 2.95. The average molecular weight is 245 g/mol. The minimum atomic E-state index is 0.628. The number of nitrogens with one attached hydrogen (secondary N) is 1. The first-order valence-corrected chi connectivity index (χ1v) is 6.11. The van der Waals surface area contributed by atoms with Crippen LogP contribution in [-0.2, 0) is 0 Å². The zero-order valence-corrected chi connectivity index (χ0v) is 10.3. The van der Waals surface area contributed by atoms with Gasteiger partial charge in [-0.2, -0.15) is 4.98 Å². The van der Waals surface area contributed by atoms with Crippen molar-refractivity contribution in [2.75, 3.05) is 12.4 Å². The Morgan fingerprint density at radius 2 is 2.24 bits per heavy atom. The van der Waals surface area contributed by atoms with E-state index in [2.05, 4.69) is 20.3 Å². The summed E-state index contributed by atoms with van der Waals surface area (Å²) in [5.74, 6) is 2.41. The Balaban J connectivity index is 2.34. The van der Waals surface area contributed by atoms with Crippen molar-refractivity contribution in [1.82, 2.24) is 19.5 Å². The number of imidazole rings is 1. The molecule has 6 heteroatoms. The highest BCUT2D eigenvalue weighted by Crippen LogP contribution is 2.25. The summed E-state index contributed by atoms with van der Waals surface area (Å²) in [7, 11) is 1.82. The second-order valence-corrected chi connectivity index (χ2v) is 4.50. The molecule has 0 aliphatic heterocycles. The van der Waals surface area contributed by atoms with Crippen LogP contribution < -0.4 is 5.32 Å². The fourth-order valence-corrected chi connectivity index (χ4v) is 2.50. The molecule has 0 aliphatic rings. The van der Waals surface area contributed by atoms with Gasteiger partial charge in [-0.1, -0.05) is 0 Å². The van der Waals surface area contributed by atoms with Gasteiger partial charge in [0, 0.05) is 19.4 Å². The second kappa shape index (κ2) is 3.81. The topological polar surface area (TPSA) is 55.6 Å². The number of hydrogen-bond acceptors (Lipinski definition) is 5. The molecule has 3 aromatic heterocycles. The minimum Gasteiger partial charge on any atom is -0.357 e. The lowest BCUT2D eigenvalue weighted by Crippen LogP contribution is -2.04. The Morgan fingerprint density at radius 1 is 1.35 bits per heavy atom. The van der Waals surface area contributed by atoms with Gasteiger partial charge in [0.2, 0.25) is 5.95 Å². The summed E-state index contributed by atoms with van der Waals surface area (Å²) in [4.78, 5) is 14.1. The van der Waals surface area contributed by atoms with E-state index in [4.69, 9.17) is 0 Å². The Labute approximate surface area is 102 Å². The molecular weight excluding hydrogens is 234 g/mol. The molecule has 3 aromatic rings. The van der Waals surface area contributed by atoms with Gasteiger partial charge in [0.15, 0.2) is 5.82 Å². The van der Waals surface area contributed by atoms with E-state index in [1.54, 1.807) is 17.5 Å². The summed E-state index contributed by atoms with van der Waals surface area (Å²) >= 11 is 1.61. The number of rotatable bonds is 2. The van der Waals surface area contributed by atoms with Crippen molar-refractivity contribution in [2.45, 2.75) is 6.92 Å². The highest BCUT2D eigenvalue weighted by Gasteiger charge is 2.11. The van der Waals surface area contributed by atoms with Crippen molar-refractivity contribution in [2.24, 2.45) is 0 Å². The number of hydrogen-bond donors (Lipinski definition) is 1. The third-order valence-corrected chi connectivity index (χ3v) is 3.39. The van der Waals surface area contributed by atoms with E-state index in [1.165, 1.54) is 0 Å². The van der Waals surface area contributed by atoms with Crippen LogP contribution in [0.4, 0.5) is 5.95 Å². The molecule has 1 N–H and O–H groups in total. The van der Waals surface area contributed by atoms with E-state index in [0.717, 1.165) is 21.9 Å². The number of nitrogens with zero attached hydrogens (tertiary/aromatic N) is 4. The van der Waals surface area contributed by atoms with Crippen LogP contribution in [0.25, 0.3) is 16.0 Å². The van der Waals surface area contributed by atoms with E-state index >= 15 is 0 Å². The predicted octanol–water partition coefficient (Wildman–Crippen LogP) is 2.23. The van der Waals surface area contributed by atoms with E-state index in [1.807, 2.05) is 36.2 Å². The van der Waals surface area contributed by atoms with Crippen LogP contribution in [0.2, 0.25) is 0 Å². The first-order chi connectivity index (χ1) is 8.29. The first kappa shape index (κ1) is 10.2. The molecule has 0 saturated carbocycles. The summed E-state index contributed by atoms with van der Waals surface area (Å²) in [6.45, 7) is 1.96. The van der Waals surface area contributed by atoms with Crippen molar-refractivity contribution >= 4 is 27.5 Å². The van der Waals surface area contributed by atoms with Crippen LogP contribution in [0.1, 0.15) is 5.82 Å². The Morgan fingerprint density at radius 3 is 2.94 bits per heavy atom. The third kappa shape index (κ3) is 1.57. The van der Waals surface area contributed by atoms with Crippen molar-refractivity contribution in [1.29, 1.82) is 0 Å². The summed E-state index contributed by atoms with van der Waals surface area (Å²) in [5.41, 5.74) is 0. The summed E-state index contributed by atoms with van der Waals surface area (Å²) in [6, 6.07) is 2.04. The smallest absolute Gasteiger partial charge is 0.225 e. The van der Waals surface area contributed by atoms with Crippen LogP contribution in [-0.4, -0.2) is 26.6 Å². The summed E-state index contributed by atoms with van der Waals surface area (Å²) in [6.07, 6.45) is 3.68. The van der Waals surface area contributed by atoms with Crippen LogP contribution in [0, 0.1) is 6.92 Å². The van der Waals surface area contributed by atoms with Crippen LogP contribution in [0.3, 0.4) is 0 Å². The summed E-state index contributed by atoms with van der Waals surface area (Å²) in [5, 5.41) is 6.05. The van der Waals surface area contributed by atoms with Gasteiger partial charge in [-0.15, -0.1) is 11.3 Å². The van der Waals surface area contributed by atoms with Crippen molar-refractivity contribution in [3.63, 3.8) is 0 Å². The van der Waals surface area contributed by atoms with Crippen LogP contribution >= 0.6 is 11.3 Å². The fraction of sp³-hybridized carbons (Fsp3) is 0.182. The lowest BCUT2D eigenvalue weighted by atomic mass is 10.3. The molecule has 86 valence electrons. The number of aryl methyl sites for hydroxylation is 1. The van der Waals surface area contributed by atoms with Crippen molar-refractivity contribution in [3.8, 4) is 5.82 Å². The Bertz CT molecular complexity index is 669. The molecule has 5 nitrogen and oxygen atoms in total. The maximum Gasteiger partial charge on any atom is 0.225 e. The van der Waals surface area contributed by atoms with E-state index in [-0.39, 0.29) is 0 Å². The lowest BCUT2D eigenvalue weighted by molar-refractivity contribution is 0.937. The molecule has 0 unspecified atom stereocenters. The quantitative estimate of drug-likeness (QED) is 0.752. The maximum absolute atomic E-state index is 4.50. The Hall–Kier alpha value is -1.95. The number of anilines is 1. The SMILES string of the molecule is CNc1nc(-n2ccnc2C)c2ccsc2n1. The largest absolute Gasteiger partial charge is 0.357 e. The molecule has 3 rings (SSSR count). The molecule has 0 saturated heterocycles. The fourth-order valence-electron chi connectivity index (χ4n) is 1.74. The highest BCUT2D eigenvalue weighted by molar-refractivity contribution is 7.16. The number of thiophene rings is 1. The normalized spacial score (nSPS) is 10.9. The van der Waals surface area contributed by atoms with Crippen molar-refractivity contribution < 1.29 is 0 Å². The Kier molecular flexibility index (Phi) is 2.29. The molecule has 0 bridgehead atoms. The van der Waals surface area contributed by atoms with Gasteiger partial charge in [-0.05, 0) is 18.4 Å². The predicted molar refractivity (Wildman–Crippen MR) is 68.8 cm³/mol. The molecule has 3 heterocycles. The van der Waals surface area contributed by atoms with E-state index in [9.17, 15) is 0 Å². The number of fused-ring (bicyclic) bond motifs is 1. The van der Waals surface area contributed by atoms with Crippen LogP contribution in [0.5, 0.6) is 0 Å². The summed E-state index contributed by atoms with van der Waals surface area (Å²) < 4.78 is 1.97. The zero-order valence-electron chi connectivity index (χ0n) is 9.51. The zero-order chi connectivity index (χ0) is 11.8. The highest BCUT2D eigenvalue weighted by atomic mass is 32.1. The van der Waals surface area contributed by atoms with Gasteiger partial charge < -0.3 is 5.32 Å². The second-order valence-electron chi connectivity index (χ2n) is 3.60. The monoisotopic (exact) mass is 245 g/mol. The molecule has 0 atom stereocenters. The molecule has 0 fully saturated rings. The number of aromatic nitrogens is 4. The van der Waals surface area contributed by atoms with Gasteiger partial charge in [-0.3, -0.25) is 4.57 Å². The van der Waals surface area contributed by atoms with Gasteiger partial charge in [0.05, 0.1) is 5.39 Å². The first-order valence-electron chi connectivity index (χ1n) is 5.23. The van der Waals surface area contributed by atoms with E-state index in [0.29, 0.717) is 5.95 Å². The minimum absolute atomic E-state index is 0.628. The lowest BCUT2D eigenvalue weighted by Gasteiger charge is -2.07. The van der Waals surface area contributed by atoms with Crippen molar-refractivity contribution in [3.05, 3.63) is 29.7 Å². The third-order valence-electron chi connectivity index (χ3n) is 2.58. The molecule has 17 heavy (non-hydrogen) atoms. The van der Waals surface area contributed by atoms with Crippen LogP contribution in [0.15, 0.2) is 23.8 Å². The van der Waals surface area contributed by atoms with Gasteiger partial charge in [-0.25, -0.2) is 9.97 Å². The van der Waals surface area contributed by atoms with Gasteiger partial charge >= 0.3 is 0 Å². The molecule has 0 amide bonds. The molecular formula is C11H11N5S. The van der Waals surface area contributed by atoms with E-state index < -0.39 is 0 Å².